The van der Waals surface area contributed by atoms with E-state index in [1.807, 2.05) is 13.0 Å². The van der Waals surface area contributed by atoms with Crippen LogP contribution < -0.4 is 24.8 Å². The van der Waals surface area contributed by atoms with Gasteiger partial charge in [0, 0.05) is 23.5 Å². The molecule has 2 N–H and O–H groups in total. The lowest BCUT2D eigenvalue weighted by molar-refractivity contribution is 0.174. The van der Waals surface area contributed by atoms with Gasteiger partial charge in [-0.25, -0.2) is 4.79 Å². The Morgan fingerprint density at radius 1 is 0.926 bits per heavy atom. The molecule has 8 nitrogen and oxygen atoms in total. The van der Waals surface area contributed by atoms with E-state index in [4.69, 9.17) is 14.2 Å². The number of amides is 2. The highest BCUT2D eigenvalue weighted by Gasteiger charge is 2.14. The molecule has 0 saturated heterocycles. The molecule has 136 valence electrons. The van der Waals surface area contributed by atoms with Crippen LogP contribution in [0.25, 0.3) is 0 Å². The summed E-state index contributed by atoms with van der Waals surface area (Å²) in [5, 5.41) is 13.4. The van der Waals surface area contributed by atoms with Crippen LogP contribution in [0.15, 0.2) is 54.6 Å². The monoisotopic (exact) mass is 364 g/mol. The van der Waals surface area contributed by atoms with E-state index in [1.165, 1.54) is 0 Å². The molecule has 0 aliphatic carbocycles. The van der Waals surface area contributed by atoms with Crippen molar-refractivity contribution in [3.05, 3.63) is 60.3 Å². The summed E-state index contributed by atoms with van der Waals surface area (Å²) in [6.45, 7) is 2.04. The normalized spacial score (nSPS) is 11.7. The first-order chi connectivity index (χ1) is 13.2. The molecule has 4 rings (SSSR count). The number of aromatic nitrogens is 2. The summed E-state index contributed by atoms with van der Waals surface area (Å²) in [7, 11) is 0. The highest BCUT2D eigenvalue weighted by Crippen LogP contribution is 2.34. The first-order valence-electron chi connectivity index (χ1n) is 8.22. The van der Waals surface area contributed by atoms with E-state index in [0.717, 1.165) is 5.69 Å². The summed E-state index contributed by atoms with van der Waals surface area (Å²) in [6, 6.07) is 15.3. The Bertz CT molecular complexity index is 958. The molecular weight excluding hydrogens is 348 g/mol. The van der Waals surface area contributed by atoms with Gasteiger partial charge >= 0.3 is 6.03 Å². The highest BCUT2D eigenvalue weighted by atomic mass is 16.7. The predicted octanol–water partition coefficient (Wildman–Crippen LogP) is 3.95. The Morgan fingerprint density at radius 2 is 1.67 bits per heavy atom. The van der Waals surface area contributed by atoms with Gasteiger partial charge in [-0.1, -0.05) is 0 Å². The Kier molecular flexibility index (Phi) is 4.44. The topological polar surface area (TPSA) is 94.6 Å². The molecule has 0 radical (unpaired) electrons. The van der Waals surface area contributed by atoms with E-state index in [0.29, 0.717) is 34.5 Å². The number of anilines is 2. The fourth-order valence-electron chi connectivity index (χ4n) is 2.44. The van der Waals surface area contributed by atoms with Gasteiger partial charge in [-0.3, -0.25) is 0 Å². The van der Waals surface area contributed by atoms with Gasteiger partial charge in [0.25, 0.3) is 0 Å². The zero-order valence-corrected chi connectivity index (χ0v) is 14.4. The zero-order chi connectivity index (χ0) is 18.6. The number of hydrogen-bond acceptors (Lipinski definition) is 6. The molecule has 8 heteroatoms. The minimum Gasteiger partial charge on any atom is -0.454 e. The highest BCUT2D eigenvalue weighted by molar-refractivity contribution is 5.99. The van der Waals surface area contributed by atoms with Crippen LogP contribution >= 0.6 is 0 Å². The number of carbonyl (C=O) groups excluding carboxylic acids is 1. The first-order valence-corrected chi connectivity index (χ1v) is 8.22. The standard InChI is InChI=1S/C19H16N4O4/c1-12-2-9-18(23-22-12)27-15-6-3-13(4-7-15)20-19(24)21-14-5-8-16-17(10-14)26-11-25-16/h2-10H,11H2,1H3,(H2,20,21,24). The Hall–Kier alpha value is -3.81. The molecule has 2 heterocycles. The number of carbonyl (C=O) groups is 1. The van der Waals surface area contributed by atoms with Gasteiger partial charge in [0.15, 0.2) is 11.5 Å². The Balaban J connectivity index is 1.35. The molecule has 1 aromatic heterocycles. The maximum atomic E-state index is 12.1. The average molecular weight is 364 g/mol. The van der Waals surface area contributed by atoms with E-state index in [2.05, 4.69) is 20.8 Å². The molecule has 0 atom stereocenters. The molecule has 0 unspecified atom stereocenters. The second kappa shape index (κ2) is 7.20. The lowest BCUT2D eigenvalue weighted by Gasteiger charge is -2.09. The third kappa shape index (κ3) is 4.06. The van der Waals surface area contributed by atoms with E-state index in [-0.39, 0.29) is 12.8 Å². The van der Waals surface area contributed by atoms with Crippen molar-refractivity contribution in [3.63, 3.8) is 0 Å². The Labute approximate surface area is 155 Å². The number of rotatable bonds is 4. The summed E-state index contributed by atoms with van der Waals surface area (Å²) in [5.41, 5.74) is 2.04. The van der Waals surface area contributed by atoms with Crippen molar-refractivity contribution in [3.8, 4) is 23.1 Å². The summed E-state index contributed by atoms with van der Waals surface area (Å²) < 4.78 is 16.1. The molecule has 1 aliphatic heterocycles. The molecule has 1 aliphatic rings. The number of hydrogen-bond donors (Lipinski definition) is 2. The first kappa shape index (κ1) is 16.6. The summed E-state index contributed by atoms with van der Waals surface area (Å²) >= 11 is 0. The van der Waals surface area contributed by atoms with Crippen molar-refractivity contribution in [1.82, 2.24) is 10.2 Å². The summed E-state index contributed by atoms with van der Waals surface area (Å²) in [6.07, 6.45) is 0. The molecule has 27 heavy (non-hydrogen) atoms. The number of urea groups is 1. The molecule has 0 spiro atoms. The molecule has 2 amide bonds. The summed E-state index contributed by atoms with van der Waals surface area (Å²) in [4.78, 5) is 12.1. The number of fused-ring (bicyclic) bond motifs is 1. The fraction of sp³-hybridized carbons (Fsp3) is 0.105. The van der Waals surface area contributed by atoms with Gasteiger partial charge in [0.2, 0.25) is 12.7 Å². The molecule has 3 aromatic rings. The van der Waals surface area contributed by atoms with Gasteiger partial charge in [-0.2, -0.15) is 5.10 Å². The number of nitrogens with zero attached hydrogens (tertiary/aromatic N) is 2. The molecule has 0 bridgehead atoms. The second-order valence-electron chi connectivity index (χ2n) is 5.79. The SMILES string of the molecule is Cc1ccc(Oc2ccc(NC(=O)Nc3ccc4c(c3)OCO4)cc2)nn1. The fourth-order valence-corrected chi connectivity index (χ4v) is 2.44. The number of ether oxygens (including phenoxy) is 3. The van der Waals surface area contributed by atoms with Crippen LogP contribution in [0.1, 0.15) is 5.69 Å². The van der Waals surface area contributed by atoms with Crippen LogP contribution in [-0.2, 0) is 0 Å². The molecule has 0 saturated carbocycles. The van der Waals surface area contributed by atoms with Crippen molar-refractivity contribution < 1.29 is 19.0 Å². The van der Waals surface area contributed by atoms with Gasteiger partial charge in [0.05, 0.1) is 5.69 Å². The summed E-state index contributed by atoms with van der Waals surface area (Å²) in [5.74, 6) is 2.26. The maximum Gasteiger partial charge on any atom is 0.323 e. The van der Waals surface area contributed by atoms with Crippen LogP contribution in [0.3, 0.4) is 0 Å². The van der Waals surface area contributed by atoms with Gasteiger partial charge in [-0.15, -0.1) is 5.10 Å². The van der Waals surface area contributed by atoms with E-state index >= 15 is 0 Å². The van der Waals surface area contributed by atoms with E-state index < -0.39 is 0 Å². The number of benzene rings is 2. The lowest BCUT2D eigenvalue weighted by atomic mass is 10.3. The smallest absolute Gasteiger partial charge is 0.323 e. The van der Waals surface area contributed by atoms with Crippen molar-refractivity contribution in [1.29, 1.82) is 0 Å². The van der Waals surface area contributed by atoms with Gasteiger partial charge in [-0.05, 0) is 49.4 Å². The van der Waals surface area contributed by atoms with Crippen LogP contribution in [0.4, 0.5) is 16.2 Å². The van der Waals surface area contributed by atoms with Crippen molar-refractivity contribution in [2.75, 3.05) is 17.4 Å². The zero-order valence-electron chi connectivity index (χ0n) is 14.4. The van der Waals surface area contributed by atoms with Crippen molar-refractivity contribution in [2.24, 2.45) is 0 Å². The van der Waals surface area contributed by atoms with Crippen LogP contribution in [0, 0.1) is 6.92 Å². The minimum atomic E-state index is -0.369. The third-order valence-corrected chi connectivity index (χ3v) is 3.74. The lowest BCUT2D eigenvalue weighted by Crippen LogP contribution is -2.19. The number of aryl methyl sites for hydroxylation is 1. The molecular formula is C19H16N4O4. The average Bonchev–Trinajstić information content (AvgIpc) is 3.13. The minimum absolute atomic E-state index is 0.188. The number of nitrogens with one attached hydrogen (secondary N) is 2. The van der Waals surface area contributed by atoms with E-state index in [9.17, 15) is 4.79 Å². The van der Waals surface area contributed by atoms with Crippen molar-refractivity contribution in [2.45, 2.75) is 6.92 Å². The largest absolute Gasteiger partial charge is 0.454 e. The van der Waals surface area contributed by atoms with Crippen LogP contribution in [0.5, 0.6) is 23.1 Å². The quantitative estimate of drug-likeness (QED) is 0.728. The predicted molar refractivity (Wildman–Crippen MR) is 98.5 cm³/mol. The van der Waals surface area contributed by atoms with Gasteiger partial charge in [0.1, 0.15) is 5.75 Å². The van der Waals surface area contributed by atoms with E-state index in [1.54, 1.807) is 48.5 Å². The van der Waals surface area contributed by atoms with Gasteiger partial charge < -0.3 is 24.8 Å². The molecule has 2 aromatic carbocycles. The van der Waals surface area contributed by atoms with Crippen LogP contribution in [0.2, 0.25) is 0 Å². The second-order valence-corrected chi connectivity index (χ2v) is 5.79. The third-order valence-electron chi connectivity index (χ3n) is 3.74. The maximum absolute atomic E-state index is 12.1. The van der Waals surface area contributed by atoms with Crippen molar-refractivity contribution >= 4 is 17.4 Å². The molecule has 0 fully saturated rings. The Morgan fingerprint density at radius 3 is 2.44 bits per heavy atom. The van der Waals surface area contributed by atoms with Crippen LogP contribution in [-0.4, -0.2) is 23.0 Å².